The lowest BCUT2D eigenvalue weighted by Crippen LogP contribution is -2.35. The zero-order valence-electron chi connectivity index (χ0n) is 13.6. The molecule has 0 aliphatic rings. The Morgan fingerprint density at radius 2 is 1.79 bits per heavy atom. The molecule has 1 N–H and O–H groups in total. The summed E-state index contributed by atoms with van der Waals surface area (Å²) in [5, 5.41) is 8.42. The van der Waals surface area contributed by atoms with E-state index in [0.717, 1.165) is 25.9 Å². The molecule has 0 spiro atoms. The standard InChI is InChI=1S/C16H31N3/c1-7-10-11-19-15(9-3)13(14(8-2)18-19)12-17-16(4,5)6/h17H,7-12H2,1-6H3. The summed E-state index contributed by atoms with van der Waals surface area (Å²) in [5.41, 5.74) is 4.27. The quantitative estimate of drug-likeness (QED) is 0.814. The van der Waals surface area contributed by atoms with Crippen LogP contribution in [0.4, 0.5) is 0 Å². The molecular formula is C16H31N3. The van der Waals surface area contributed by atoms with Gasteiger partial charge in [-0.15, -0.1) is 0 Å². The Labute approximate surface area is 118 Å². The second-order valence-electron chi connectivity index (χ2n) is 6.26. The molecule has 1 aromatic heterocycles. The maximum absolute atomic E-state index is 4.81. The molecule has 0 atom stereocenters. The van der Waals surface area contributed by atoms with Gasteiger partial charge in [-0.25, -0.2) is 0 Å². The molecule has 0 amide bonds. The average molecular weight is 265 g/mol. The van der Waals surface area contributed by atoms with Crippen molar-refractivity contribution in [3.63, 3.8) is 0 Å². The molecule has 0 saturated carbocycles. The fourth-order valence-electron chi connectivity index (χ4n) is 2.32. The van der Waals surface area contributed by atoms with Gasteiger partial charge in [0.05, 0.1) is 5.69 Å². The molecule has 0 aliphatic carbocycles. The first-order chi connectivity index (χ1) is 8.92. The van der Waals surface area contributed by atoms with Gasteiger partial charge < -0.3 is 5.32 Å². The first kappa shape index (κ1) is 16.2. The first-order valence-corrected chi connectivity index (χ1v) is 7.75. The topological polar surface area (TPSA) is 29.9 Å². The molecule has 0 aliphatic heterocycles. The van der Waals surface area contributed by atoms with Gasteiger partial charge in [-0.2, -0.15) is 5.10 Å². The largest absolute Gasteiger partial charge is 0.308 e. The molecule has 1 rings (SSSR count). The zero-order chi connectivity index (χ0) is 14.5. The lowest BCUT2D eigenvalue weighted by atomic mass is 10.1. The van der Waals surface area contributed by atoms with Gasteiger partial charge in [-0.1, -0.05) is 27.2 Å². The van der Waals surface area contributed by atoms with E-state index in [1.807, 2.05) is 0 Å². The number of aryl methyl sites for hydroxylation is 2. The van der Waals surface area contributed by atoms with E-state index in [0.29, 0.717) is 0 Å². The first-order valence-electron chi connectivity index (χ1n) is 7.75. The van der Waals surface area contributed by atoms with Crippen molar-refractivity contribution >= 4 is 0 Å². The summed E-state index contributed by atoms with van der Waals surface area (Å²) in [6.45, 7) is 15.3. The van der Waals surface area contributed by atoms with Gasteiger partial charge in [0.25, 0.3) is 0 Å². The highest BCUT2D eigenvalue weighted by molar-refractivity contribution is 5.27. The molecule has 0 fully saturated rings. The molecule has 110 valence electrons. The van der Waals surface area contributed by atoms with Crippen LogP contribution in [0.1, 0.15) is 71.3 Å². The van der Waals surface area contributed by atoms with Crippen LogP contribution in [-0.4, -0.2) is 15.3 Å². The number of rotatable bonds is 7. The molecular weight excluding hydrogens is 234 g/mol. The van der Waals surface area contributed by atoms with Crippen LogP contribution in [-0.2, 0) is 25.9 Å². The molecule has 0 saturated heterocycles. The molecule has 1 aromatic rings. The number of aromatic nitrogens is 2. The Morgan fingerprint density at radius 3 is 2.26 bits per heavy atom. The van der Waals surface area contributed by atoms with Crippen LogP contribution in [0.25, 0.3) is 0 Å². The van der Waals surface area contributed by atoms with E-state index < -0.39 is 0 Å². The van der Waals surface area contributed by atoms with Crippen molar-refractivity contribution in [2.75, 3.05) is 0 Å². The fraction of sp³-hybridized carbons (Fsp3) is 0.812. The highest BCUT2D eigenvalue weighted by Gasteiger charge is 2.17. The van der Waals surface area contributed by atoms with Gasteiger partial charge in [0, 0.05) is 29.9 Å². The Morgan fingerprint density at radius 1 is 1.11 bits per heavy atom. The minimum Gasteiger partial charge on any atom is -0.308 e. The predicted molar refractivity (Wildman–Crippen MR) is 82.5 cm³/mol. The minimum atomic E-state index is 0.154. The van der Waals surface area contributed by atoms with Gasteiger partial charge in [0.1, 0.15) is 0 Å². The molecule has 0 aromatic carbocycles. The Bertz CT molecular complexity index is 385. The number of nitrogens with zero attached hydrogens (tertiary/aromatic N) is 2. The Hall–Kier alpha value is -0.830. The van der Waals surface area contributed by atoms with Gasteiger partial charge in [0.2, 0.25) is 0 Å². The van der Waals surface area contributed by atoms with Gasteiger partial charge in [-0.3, -0.25) is 4.68 Å². The normalized spacial score (nSPS) is 12.1. The molecule has 3 nitrogen and oxygen atoms in total. The molecule has 3 heteroatoms. The number of unbranched alkanes of at least 4 members (excludes halogenated alkanes) is 1. The van der Waals surface area contributed by atoms with Crippen LogP contribution < -0.4 is 5.32 Å². The summed E-state index contributed by atoms with van der Waals surface area (Å²) in [7, 11) is 0. The van der Waals surface area contributed by atoms with Crippen LogP contribution in [0.5, 0.6) is 0 Å². The summed E-state index contributed by atoms with van der Waals surface area (Å²) in [4.78, 5) is 0. The van der Waals surface area contributed by atoms with Crippen molar-refractivity contribution in [3.8, 4) is 0 Å². The summed E-state index contributed by atoms with van der Waals surface area (Å²) in [5.74, 6) is 0. The molecule has 0 unspecified atom stereocenters. The summed E-state index contributed by atoms with van der Waals surface area (Å²) in [6, 6.07) is 0. The number of nitrogens with one attached hydrogen (secondary N) is 1. The fourth-order valence-corrected chi connectivity index (χ4v) is 2.32. The van der Waals surface area contributed by atoms with Crippen LogP contribution in [0.2, 0.25) is 0 Å². The summed E-state index contributed by atoms with van der Waals surface area (Å²) in [6.07, 6.45) is 4.52. The monoisotopic (exact) mass is 265 g/mol. The Kier molecular flexibility index (Phi) is 6.05. The highest BCUT2D eigenvalue weighted by Crippen LogP contribution is 2.18. The van der Waals surface area contributed by atoms with Crippen LogP contribution in [0.3, 0.4) is 0 Å². The second-order valence-corrected chi connectivity index (χ2v) is 6.26. The van der Waals surface area contributed by atoms with Crippen LogP contribution >= 0.6 is 0 Å². The van der Waals surface area contributed by atoms with Crippen molar-refractivity contribution in [2.24, 2.45) is 0 Å². The van der Waals surface area contributed by atoms with Gasteiger partial charge in [-0.05, 0) is 40.0 Å². The van der Waals surface area contributed by atoms with E-state index in [2.05, 4.69) is 51.5 Å². The highest BCUT2D eigenvalue weighted by atomic mass is 15.3. The third-order valence-corrected chi connectivity index (χ3v) is 3.44. The van der Waals surface area contributed by atoms with Crippen molar-refractivity contribution in [3.05, 3.63) is 17.0 Å². The van der Waals surface area contributed by atoms with Crippen LogP contribution in [0, 0.1) is 0 Å². The van der Waals surface area contributed by atoms with E-state index in [1.54, 1.807) is 0 Å². The Balaban J connectivity index is 2.95. The maximum atomic E-state index is 4.81. The number of hydrogen-bond donors (Lipinski definition) is 1. The van der Waals surface area contributed by atoms with Crippen molar-refractivity contribution in [1.29, 1.82) is 0 Å². The smallest absolute Gasteiger partial charge is 0.0669 e. The van der Waals surface area contributed by atoms with Crippen molar-refractivity contribution in [1.82, 2.24) is 15.1 Å². The van der Waals surface area contributed by atoms with E-state index in [9.17, 15) is 0 Å². The van der Waals surface area contributed by atoms with Crippen LogP contribution in [0.15, 0.2) is 0 Å². The summed E-state index contributed by atoms with van der Waals surface area (Å²) < 4.78 is 2.24. The molecule has 19 heavy (non-hydrogen) atoms. The van der Waals surface area contributed by atoms with Crippen molar-refractivity contribution < 1.29 is 0 Å². The van der Waals surface area contributed by atoms with E-state index in [1.165, 1.54) is 29.8 Å². The van der Waals surface area contributed by atoms with E-state index >= 15 is 0 Å². The minimum absolute atomic E-state index is 0.154. The zero-order valence-corrected chi connectivity index (χ0v) is 13.6. The molecule has 0 radical (unpaired) electrons. The lowest BCUT2D eigenvalue weighted by molar-refractivity contribution is 0.422. The van der Waals surface area contributed by atoms with Crippen molar-refractivity contribution in [2.45, 2.75) is 85.9 Å². The second kappa shape index (κ2) is 7.09. The van der Waals surface area contributed by atoms with E-state index in [-0.39, 0.29) is 5.54 Å². The van der Waals surface area contributed by atoms with E-state index in [4.69, 9.17) is 5.10 Å². The lowest BCUT2D eigenvalue weighted by Gasteiger charge is -2.21. The molecule has 1 heterocycles. The number of hydrogen-bond acceptors (Lipinski definition) is 2. The van der Waals surface area contributed by atoms with Gasteiger partial charge >= 0.3 is 0 Å². The molecule has 0 bridgehead atoms. The summed E-state index contributed by atoms with van der Waals surface area (Å²) >= 11 is 0. The third-order valence-electron chi connectivity index (χ3n) is 3.44. The maximum Gasteiger partial charge on any atom is 0.0669 e. The third kappa shape index (κ3) is 4.64. The van der Waals surface area contributed by atoms with Gasteiger partial charge in [0.15, 0.2) is 0 Å². The average Bonchev–Trinajstić information content (AvgIpc) is 2.69. The predicted octanol–water partition coefficient (Wildman–Crippen LogP) is 3.70. The SMILES string of the molecule is CCCCn1nc(CC)c(CNC(C)(C)C)c1CC.